The Morgan fingerprint density at radius 1 is 0.547 bits per heavy atom. The number of nitrogens with zero attached hydrogens (tertiary/aromatic N) is 4. The Morgan fingerprint density at radius 2 is 1.19 bits per heavy atom. The average molecular weight is 701 g/mol. The van der Waals surface area contributed by atoms with Crippen molar-refractivity contribution in [1.29, 1.82) is 0 Å². The van der Waals surface area contributed by atoms with Crippen LogP contribution in [0, 0.1) is 0 Å². The van der Waals surface area contributed by atoms with Crippen LogP contribution in [-0.2, 0) is 5.41 Å². The molecule has 0 fully saturated rings. The van der Waals surface area contributed by atoms with Crippen molar-refractivity contribution >= 4 is 39.0 Å². The van der Waals surface area contributed by atoms with E-state index in [9.17, 15) is 6.85 Å². The number of para-hydroxylation sites is 2. The minimum atomic E-state index is -3.76. The second-order valence-electron chi connectivity index (χ2n) is 12.3. The molecule has 53 heavy (non-hydrogen) atoms. The van der Waals surface area contributed by atoms with Crippen molar-refractivity contribution in [3.8, 4) is 45.3 Å². The lowest BCUT2D eigenvalue weighted by molar-refractivity contribution is 0.660. The fourth-order valence-electron chi connectivity index (χ4n) is 6.68. The summed E-state index contributed by atoms with van der Waals surface area (Å²) < 4.78 is 169. The van der Waals surface area contributed by atoms with Crippen molar-refractivity contribution < 1.29 is 29.1 Å². The van der Waals surface area contributed by atoms with Gasteiger partial charge >= 0.3 is 0 Å². The Kier molecular flexibility index (Phi) is 4.03. The largest absolute Gasteiger partial charge is 0.456 e. The second kappa shape index (κ2) is 12.1. The van der Waals surface area contributed by atoms with Crippen molar-refractivity contribution in [2.24, 2.45) is 0 Å². The van der Waals surface area contributed by atoms with Gasteiger partial charge in [0.15, 0.2) is 17.5 Å². The van der Waals surface area contributed by atoms with Gasteiger partial charge in [0.2, 0.25) is 0 Å². The predicted molar refractivity (Wildman–Crippen MR) is 216 cm³/mol. The van der Waals surface area contributed by atoms with Gasteiger partial charge < -0.3 is 9.32 Å². The molecular formula is C48H34N4O. The predicted octanol–water partition coefficient (Wildman–Crippen LogP) is 12.5. The monoisotopic (exact) mass is 700 g/mol. The maximum atomic E-state index is 10.1. The van der Waals surface area contributed by atoms with Gasteiger partial charge in [-0.3, -0.25) is 0 Å². The second-order valence-corrected chi connectivity index (χ2v) is 12.3. The minimum absolute atomic E-state index is 0.0343. The number of anilines is 3. The summed E-state index contributed by atoms with van der Waals surface area (Å²) in [6.45, 7) is -7.51. The normalized spacial score (nSPS) is 18.2. The van der Waals surface area contributed by atoms with Crippen molar-refractivity contribution in [3.05, 3.63) is 181 Å². The van der Waals surface area contributed by atoms with E-state index in [-0.39, 0.29) is 34.3 Å². The van der Waals surface area contributed by atoms with Crippen LogP contribution in [0.1, 0.15) is 49.5 Å². The molecule has 7 aromatic carbocycles. The van der Waals surface area contributed by atoms with Gasteiger partial charge in [0.05, 0.1) is 22.1 Å². The lowest BCUT2D eigenvalue weighted by Gasteiger charge is -2.28. The zero-order valence-electron chi connectivity index (χ0n) is 45.4. The molecule has 2 heterocycles. The molecule has 0 N–H and O–H groups in total. The third-order valence-corrected chi connectivity index (χ3v) is 9.08. The van der Waals surface area contributed by atoms with Crippen LogP contribution in [-0.4, -0.2) is 15.0 Å². The smallest absolute Gasteiger partial charge is 0.164 e. The zero-order chi connectivity index (χ0) is 51.0. The fraction of sp³-hybridized carbons (Fsp3) is 0.0625. The minimum Gasteiger partial charge on any atom is -0.456 e. The molecule has 0 radical (unpaired) electrons. The highest BCUT2D eigenvalue weighted by molar-refractivity contribution is 6.13. The van der Waals surface area contributed by atoms with Crippen LogP contribution in [0.15, 0.2) is 174 Å². The molecule has 0 saturated heterocycles. The number of benzene rings is 7. The van der Waals surface area contributed by atoms with Gasteiger partial charge in [-0.1, -0.05) is 141 Å². The Hall–Kier alpha value is -6.85. The maximum Gasteiger partial charge on any atom is 0.164 e. The molecule has 252 valence electrons. The number of hydrogen-bond donors (Lipinski definition) is 0. The molecule has 0 atom stereocenters. The van der Waals surface area contributed by atoms with Gasteiger partial charge in [0.1, 0.15) is 11.2 Å². The van der Waals surface area contributed by atoms with Crippen LogP contribution in [0.4, 0.5) is 17.1 Å². The van der Waals surface area contributed by atoms with Gasteiger partial charge in [0.25, 0.3) is 0 Å². The lowest BCUT2D eigenvalue weighted by Crippen LogP contribution is -2.16. The number of furan rings is 1. The highest BCUT2D eigenvalue weighted by Crippen LogP contribution is 2.51. The summed E-state index contributed by atoms with van der Waals surface area (Å²) in [6.07, 6.45) is 0. The van der Waals surface area contributed by atoms with E-state index >= 15 is 0 Å². The molecule has 10 rings (SSSR count). The maximum absolute atomic E-state index is 10.1. The van der Waals surface area contributed by atoms with Gasteiger partial charge in [-0.15, -0.1) is 0 Å². The van der Waals surface area contributed by atoms with E-state index in [4.69, 9.17) is 37.2 Å². The van der Waals surface area contributed by atoms with Gasteiger partial charge in [-0.2, -0.15) is 0 Å². The Labute approximate surface area is 333 Å². The molecule has 5 heteroatoms. The van der Waals surface area contributed by atoms with Crippen molar-refractivity contribution in [2.75, 3.05) is 4.90 Å². The first-order valence-electron chi connectivity index (χ1n) is 25.5. The molecule has 0 saturated carbocycles. The van der Waals surface area contributed by atoms with E-state index in [0.29, 0.717) is 27.5 Å². The van der Waals surface area contributed by atoms with E-state index in [1.807, 2.05) is 12.1 Å². The molecule has 0 unspecified atom stereocenters. The standard InChI is InChI=1S/C48H34N4O/c1-48(2)40-24-14-12-22-36(40)37-27-26-34(29-41(37)48)52(33-20-10-5-11-21-33)35-28-39(44-38-23-13-15-25-42(38)53-43(44)30-35)47-50-45(31-16-6-3-7-17-31)49-46(51-47)32-18-8-4-9-19-32/h3-30H,1-2H3/i1D3,2D3,5D,10D,11D,12D,14D,20D,21D,22D,24D,26D,27D,29D. The van der Waals surface area contributed by atoms with Crippen LogP contribution in [0.2, 0.25) is 0 Å². The van der Waals surface area contributed by atoms with Gasteiger partial charge in [-0.05, 0) is 58.6 Å². The molecule has 0 bridgehead atoms. The van der Waals surface area contributed by atoms with E-state index in [1.54, 1.807) is 72.8 Å². The summed E-state index contributed by atoms with van der Waals surface area (Å²) in [7, 11) is 0. The summed E-state index contributed by atoms with van der Waals surface area (Å²) in [5.74, 6) is 0.510. The van der Waals surface area contributed by atoms with Crippen molar-refractivity contribution in [2.45, 2.75) is 19.1 Å². The number of aromatic nitrogens is 3. The topological polar surface area (TPSA) is 55.1 Å². The van der Waals surface area contributed by atoms with Crippen LogP contribution in [0.3, 0.4) is 0 Å². The molecule has 1 aliphatic rings. The van der Waals surface area contributed by atoms with Crippen LogP contribution in [0.5, 0.6) is 0 Å². The Balaban J connectivity index is 1.40. The SMILES string of the molecule is [2H]c1c([2H])c([2H])c(N(c2cc(-c3nc(-c4ccccc4)nc(-c4ccccc4)n3)c3c(c2)oc2ccccc23)c2c([2H])c([2H])c3c(c2[2H])C(C([2H])([2H])[2H])(C([2H])([2H])[2H])c2c([2H])c([2H])c([2H])c([2H])c2-3)c([2H])c1[2H]. The summed E-state index contributed by atoms with van der Waals surface area (Å²) >= 11 is 0. The first-order valence-corrected chi connectivity index (χ1v) is 16.5. The highest BCUT2D eigenvalue weighted by Gasteiger charge is 2.36. The van der Waals surface area contributed by atoms with Crippen molar-refractivity contribution in [1.82, 2.24) is 15.0 Å². The van der Waals surface area contributed by atoms with E-state index in [2.05, 4.69) is 0 Å². The first kappa shape index (κ1) is 17.6. The molecule has 0 spiro atoms. The Morgan fingerprint density at radius 3 is 1.92 bits per heavy atom. The fourth-order valence-corrected chi connectivity index (χ4v) is 6.68. The number of hydrogen-bond acceptors (Lipinski definition) is 5. The van der Waals surface area contributed by atoms with Gasteiger partial charge in [0, 0.05) is 58.5 Å². The molecule has 9 aromatic rings. The summed E-state index contributed by atoms with van der Waals surface area (Å²) in [5, 5.41) is 0.983. The molecule has 2 aromatic heterocycles. The first-order chi connectivity index (χ1) is 33.5. The average Bonchev–Trinajstić information content (AvgIpc) is 3.91. The third kappa shape index (κ3) is 5.12. The summed E-state index contributed by atoms with van der Waals surface area (Å²) in [4.78, 5) is 15.6. The van der Waals surface area contributed by atoms with Gasteiger partial charge in [-0.25, -0.2) is 15.0 Å². The molecule has 5 nitrogen and oxygen atoms in total. The number of fused-ring (bicyclic) bond motifs is 6. The summed E-state index contributed by atoms with van der Waals surface area (Å²) in [6, 6.07) is 16.6. The zero-order valence-corrected chi connectivity index (χ0v) is 27.4. The molecule has 0 amide bonds. The van der Waals surface area contributed by atoms with E-state index in [0.717, 1.165) is 4.90 Å². The summed E-state index contributed by atoms with van der Waals surface area (Å²) in [5.41, 5.74) is -6.71. The van der Waals surface area contributed by atoms with Crippen LogP contribution < -0.4 is 4.90 Å². The van der Waals surface area contributed by atoms with Crippen LogP contribution in [0.25, 0.3) is 67.2 Å². The van der Waals surface area contributed by atoms with Crippen molar-refractivity contribution in [3.63, 3.8) is 0 Å². The molecular weight excluding hydrogens is 649 g/mol. The lowest BCUT2D eigenvalue weighted by atomic mass is 9.82. The molecule has 1 aliphatic carbocycles. The van der Waals surface area contributed by atoms with E-state index < -0.39 is 125 Å². The van der Waals surface area contributed by atoms with Crippen LogP contribution >= 0.6 is 0 Å². The quantitative estimate of drug-likeness (QED) is 0.173. The third-order valence-electron chi connectivity index (χ3n) is 9.08. The van der Waals surface area contributed by atoms with E-state index in [1.165, 1.54) is 12.1 Å². The highest BCUT2D eigenvalue weighted by atomic mass is 16.3. The Bertz CT molecular complexity index is 3630. The number of rotatable bonds is 6. The molecule has 0 aliphatic heterocycles.